The summed E-state index contributed by atoms with van der Waals surface area (Å²) in [5.41, 5.74) is 0. The second kappa shape index (κ2) is 51.6. The van der Waals surface area contributed by atoms with Crippen LogP contribution in [0.5, 0.6) is 0 Å². The van der Waals surface area contributed by atoms with Gasteiger partial charge in [0.1, 0.15) is 6.61 Å². The molecule has 0 bridgehead atoms. The van der Waals surface area contributed by atoms with Crippen molar-refractivity contribution in [1.29, 1.82) is 0 Å². The van der Waals surface area contributed by atoms with E-state index in [1.54, 1.807) is 0 Å². The Kier molecular flexibility index (Phi) is 48.6. The zero-order valence-electron chi connectivity index (χ0n) is 39.8. The molecule has 0 radical (unpaired) electrons. The molecule has 0 aliphatic heterocycles. The molecular formula is C57H92O5. The Morgan fingerprint density at radius 1 is 0.371 bits per heavy atom. The van der Waals surface area contributed by atoms with E-state index in [-0.39, 0.29) is 25.2 Å². The lowest BCUT2D eigenvalue weighted by Crippen LogP contribution is -2.28. The summed E-state index contributed by atoms with van der Waals surface area (Å²) in [7, 11) is 0. The van der Waals surface area contributed by atoms with Crippen molar-refractivity contribution in [2.75, 3.05) is 13.2 Å². The van der Waals surface area contributed by atoms with Gasteiger partial charge in [-0.15, -0.1) is 0 Å². The summed E-state index contributed by atoms with van der Waals surface area (Å²) in [6.07, 6.45) is 75.8. The number of hydrogen-bond acceptors (Lipinski definition) is 5. The summed E-state index contributed by atoms with van der Waals surface area (Å²) >= 11 is 0. The van der Waals surface area contributed by atoms with Gasteiger partial charge in [0.05, 0.1) is 6.61 Å². The van der Waals surface area contributed by atoms with E-state index in [0.29, 0.717) is 12.8 Å². The average molecular weight is 857 g/mol. The normalized spacial score (nSPS) is 13.3. The number of hydrogen-bond donors (Lipinski definition) is 1. The summed E-state index contributed by atoms with van der Waals surface area (Å²) < 4.78 is 10.6. The van der Waals surface area contributed by atoms with E-state index in [2.05, 4.69) is 135 Å². The Morgan fingerprint density at radius 3 is 0.968 bits per heavy atom. The lowest BCUT2D eigenvalue weighted by molar-refractivity contribution is -0.161. The zero-order valence-corrected chi connectivity index (χ0v) is 39.8. The third-order valence-electron chi connectivity index (χ3n) is 10.3. The molecule has 0 rings (SSSR count). The minimum absolute atomic E-state index is 0.0825. The summed E-state index contributed by atoms with van der Waals surface area (Å²) in [5.74, 6) is -0.621. The van der Waals surface area contributed by atoms with Gasteiger partial charge in [0.2, 0.25) is 0 Å². The van der Waals surface area contributed by atoms with Crippen molar-refractivity contribution in [3.05, 3.63) is 122 Å². The molecule has 350 valence electrons. The van der Waals surface area contributed by atoms with E-state index in [1.165, 1.54) is 64.2 Å². The highest BCUT2D eigenvalue weighted by atomic mass is 16.6. The Bertz CT molecular complexity index is 1290. The number of carbonyl (C=O) groups is 2. The van der Waals surface area contributed by atoms with Crippen LogP contribution in [-0.4, -0.2) is 36.4 Å². The second-order valence-electron chi connectivity index (χ2n) is 16.1. The van der Waals surface area contributed by atoms with Crippen molar-refractivity contribution in [3.63, 3.8) is 0 Å². The third-order valence-corrected chi connectivity index (χ3v) is 10.3. The monoisotopic (exact) mass is 857 g/mol. The van der Waals surface area contributed by atoms with Crippen molar-refractivity contribution in [1.82, 2.24) is 0 Å². The van der Waals surface area contributed by atoms with Crippen LogP contribution in [0.1, 0.15) is 206 Å². The summed E-state index contributed by atoms with van der Waals surface area (Å²) in [6.45, 7) is 3.89. The molecule has 0 aromatic heterocycles. The van der Waals surface area contributed by atoms with E-state index in [1.807, 2.05) is 0 Å². The molecule has 5 nitrogen and oxygen atoms in total. The molecule has 0 fully saturated rings. The van der Waals surface area contributed by atoms with Crippen molar-refractivity contribution < 1.29 is 24.2 Å². The summed E-state index contributed by atoms with van der Waals surface area (Å²) in [5, 5.41) is 9.61. The molecule has 1 atom stereocenters. The first kappa shape index (κ1) is 58.3. The first-order valence-electron chi connectivity index (χ1n) is 25.1. The standard InChI is InChI=1S/C57H92O5/c1-3-5-7-9-11-13-15-17-19-20-21-22-23-24-25-26-27-28-29-30-31-32-33-34-35-36-38-40-42-44-46-48-50-52-57(60)62-55(53-58)54-61-56(59)51-49-47-45-43-41-39-37-18-16-14-12-10-8-6-4-2/h5-8,11-14,17-19,21-22,24-25,27-28,30-31,37,55,58H,3-4,9-10,15-16,20,23,26,29,32-36,38-54H2,1-2H3/b7-5-,8-6-,13-11-,14-12-,19-17-,22-21-,25-24-,28-27-,31-30-,37-18-. The molecule has 0 saturated heterocycles. The fraction of sp³-hybridized carbons (Fsp3) is 0.614. The molecule has 0 aliphatic carbocycles. The minimum atomic E-state index is -0.789. The van der Waals surface area contributed by atoms with Gasteiger partial charge in [-0.1, -0.05) is 212 Å². The van der Waals surface area contributed by atoms with Gasteiger partial charge in [-0.2, -0.15) is 0 Å². The topological polar surface area (TPSA) is 72.8 Å². The van der Waals surface area contributed by atoms with E-state index < -0.39 is 6.10 Å². The maximum atomic E-state index is 12.3. The van der Waals surface area contributed by atoms with Crippen LogP contribution in [0.4, 0.5) is 0 Å². The highest BCUT2D eigenvalue weighted by molar-refractivity contribution is 5.70. The number of carbonyl (C=O) groups excluding carboxylic acids is 2. The SMILES string of the molecule is CC/C=C\C/C=C\C/C=C\C/C=C\C/C=C\C/C=C\C/C=C\CCCCCCCCCCCCCC(=O)OC(CO)COC(=O)CCCCCCC/C=C\C/C=C\C/C=C\CC. The maximum Gasteiger partial charge on any atom is 0.306 e. The van der Waals surface area contributed by atoms with Crippen LogP contribution in [0.3, 0.4) is 0 Å². The molecule has 0 aromatic rings. The molecule has 0 saturated carbocycles. The maximum absolute atomic E-state index is 12.3. The summed E-state index contributed by atoms with van der Waals surface area (Å²) in [4.78, 5) is 24.4. The highest BCUT2D eigenvalue weighted by Crippen LogP contribution is 2.14. The van der Waals surface area contributed by atoms with Gasteiger partial charge in [-0.05, 0) is 103 Å². The van der Waals surface area contributed by atoms with Crippen LogP contribution in [0.2, 0.25) is 0 Å². The van der Waals surface area contributed by atoms with Gasteiger partial charge >= 0.3 is 11.9 Å². The first-order valence-corrected chi connectivity index (χ1v) is 25.1. The predicted octanol–water partition coefficient (Wildman–Crippen LogP) is 16.7. The molecule has 0 aromatic carbocycles. The van der Waals surface area contributed by atoms with Crippen LogP contribution >= 0.6 is 0 Å². The van der Waals surface area contributed by atoms with E-state index >= 15 is 0 Å². The quantitative estimate of drug-likeness (QED) is 0.0375. The molecule has 1 unspecified atom stereocenters. The molecule has 0 heterocycles. The molecule has 5 heteroatoms. The Morgan fingerprint density at radius 2 is 0.645 bits per heavy atom. The van der Waals surface area contributed by atoms with Crippen LogP contribution < -0.4 is 0 Å². The van der Waals surface area contributed by atoms with Crippen LogP contribution in [0, 0.1) is 0 Å². The average Bonchev–Trinajstić information content (AvgIpc) is 3.28. The van der Waals surface area contributed by atoms with Crippen LogP contribution in [0.15, 0.2) is 122 Å². The molecule has 0 spiro atoms. The first-order chi connectivity index (χ1) is 30.6. The van der Waals surface area contributed by atoms with Gasteiger partial charge < -0.3 is 14.6 Å². The van der Waals surface area contributed by atoms with Gasteiger partial charge in [0.25, 0.3) is 0 Å². The zero-order chi connectivity index (χ0) is 44.9. The lowest BCUT2D eigenvalue weighted by Gasteiger charge is -2.15. The Labute approximate surface area is 382 Å². The Balaban J connectivity index is 3.57. The van der Waals surface area contributed by atoms with Gasteiger partial charge in [0, 0.05) is 12.8 Å². The number of unbranched alkanes of at least 4 members (excludes halogenated alkanes) is 16. The number of esters is 2. The molecule has 0 aliphatic rings. The summed E-state index contributed by atoms with van der Waals surface area (Å²) in [6, 6.07) is 0. The van der Waals surface area contributed by atoms with Gasteiger partial charge in [-0.25, -0.2) is 0 Å². The largest absolute Gasteiger partial charge is 0.462 e. The van der Waals surface area contributed by atoms with Crippen molar-refractivity contribution in [2.45, 2.75) is 213 Å². The van der Waals surface area contributed by atoms with Crippen molar-refractivity contribution in [3.8, 4) is 0 Å². The van der Waals surface area contributed by atoms with Crippen molar-refractivity contribution in [2.24, 2.45) is 0 Å². The van der Waals surface area contributed by atoms with Crippen LogP contribution in [-0.2, 0) is 19.1 Å². The molecule has 62 heavy (non-hydrogen) atoms. The van der Waals surface area contributed by atoms with Crippen molar-refractivity contribution >= 4 is 11.9 Å². The van der Waals surface area contributed by atoms with Gasteiger partial charge in [-0.3, -0.25) is 9.59 Å². The lowest BCUT2D eigenvalue weighted by atomic mass is 10.0. The number of aliphatic hydroxyl groups is 1. The number of aliphatic hydroxyl groups excluding tert-OH is 1. The van der Waals surface area contributed by atoms with E-state index in [0.717, 1.165) is 116 Å². The number of ether oxygens (including phenoxy) is 2. The molecule has 0 amide bonds. The number of rotatable bonds is 44. The number of allylic oxidation sites excluding steroid dienone is 20. The second-order valence-corrected chi connectivity index (χ2v) is 16.1. The molecule has 1 N–H and O–H groups in total. The van der Waals surface area contributed by atoms with Gasteiger partial charge in [0.15, 0.2) is 6.10 Å². The van der Waals surface area contributed by atoms with E-state index in [4.69, 9.17) is 9.47 Å². The predicted molar refractivity (Wildman–Crippen MR) is 269 cm³/mol. The van der Waals surface area contributed by atoms with Crippen LogP contribution in [0.25, 0.3) is 0 Å². The minimum Gasteiger partial charge on any atom is -0.462 e. The highest BCUT2D eigenvalue weighted by Gasteiger charge is 2.16. The smallest absolute Gasteiger partial charge is 0.306 e. The fourth-order valence-electron chi connectivity index (χ4n) is 6.55. The third kappa shape index (κ3) is 49.0. The van der Waals surface area contributed by atoms with E-state index in [9.17, 15) is 14.7 Å². The Hall–Kier alpha value is -3.70. The molecular weight excluding hydrogens is 765 g/mol. The fourth-order valence-corrected chi connectivity index (χ4v) is 6.55.